The minimum atomic E-state index is -3.10. The van der Waals surface area contributed by atoms with Crippen molar-refractivity contribution in [2.75, 3.05) is 5.73 Å². The summed E-state index contributed by atoms with van der Waals surface area (Å²) in [4.78, 5) is 0. The summed E-state index contributed by atoms with van der Waals surface area (Å²) in [5.74, 6) is 0. The number of benzene rings is 1. The van der Waals surface area contributed by atoms with Gasteiger partial charge in [0.1, 0.15) is 0 Å². The lowest BCUT2D eigenvalue weighted by Gasteiger charge is -2.14. The molecule has 0 aromatic heterocycles. The zero-order valence-corrected chi connectivity index (χ0v) is 10.3. The lowest BCUT2D eigenvalue weighted by atomic mass is 10.1. The summed E-state index contributed by atoms with van der Waals surface area (Å²) >= 11 is 0. The maximum atomic E-state index is 11.9. The number of nitrogens with two attached hydrogens (primary N) is 1. The fourth-order valence-corrected chi connectivity index (χ4v) is 4.02. The third-order valence-electron chi connectivity index (χ3n) is 3.51. The lowest BCUT2D eigenvalue weighted by Crippen LogP contribution is -2.30. The van der Waals surface area contributed by atoms with E-state index in [0.717, 1.165) is 36.9 Å². The predicted octanol–water partition coefficient (Wildman–Crippen LogP) is 1.34. The first-order valence-corrected chi connectivity index (χ1v) is 7.50. The molecule has 1 unspecified atom stereocenters. The number of sulfonamides is 1. The van der Waals surface area contributed by atoms with Crippen LogP contribution in [0, 0.1) is 0 Å². The zero-order valence-electron chi connectivity index (χ0n) is 9.52. The van der Waals surface area contributed by atoms with Gasteiger partial charge in [-0.2, -0.15) is 0 Å². The zero-order chi connectivity index (χ0) is 12.0. The van der Waals surface area contributed by atoms with Crippen LogP contribution in [0.1, 0.15) is 36.4 Å². The van der Waals surface area contributed by atoms with Crippen molar-refractivity contribution >= 4 is 15.7 Å². The van der Waals surface area contributed by atoms with Crippen molar-refractivity contribution in [1.82, 2.24) is 4.72 Å². The first kappa shape index (κ1) is 11.0. The number of nitrogens with one attached hydrogen (secondary N) is 1. The Labute approximate surface area is 101 Å². The summed E-state index contributed by atoms with van der Waals surface area (Å²) in [7, 11) is -3.10. The topological polar surface area (TPSA) is 72.2 Å². The van der Waals surface area contributed by atoms with Crippen LogP contribution in [0.2, 0.25) is 0 Å². The summed E-state index contributed by atoms with van der Waals surface area (Å²) in [6.07, 6.45) is 3.34. The Balaban J connectivity index is 1.84. The molecule has 3 N–H and O–H groups in total. The lowest BCUT2D eigenvalue weighted by molar-refractivity contribution is 0.553. The monoisotopic (exact) mass is 252 g/mol. The third kappa shape index (κ3) is 2.05. The van der Waals surface area contributed by atoms with Gasteiger partial charge in [-0.1, -0.05) is 6.07 Å². The van der Waals surface area contributed by atoms with Crippen LogP contribution in [0.25, 0.3) is 0 Å². The Bertz CT molecular complexity index is 550. The SMILES string of the molecule is Nc1ccc2c(c1)CCC2NS(=O)(=O)C1CC1. The molecule has 2 aliphatic carbocycles. The van der Waals surface area contributed by atoms with Crippen molar-refractivity contribution in [3.8, 4) is 0 Å². The normalized spacial score (nSPS) is 23.6. The second kappa shape index (κ2) is 3.71. The predicted molar refractivity (Wildman–Crippen MR) is 67.0 cm³/mol. The minimum Gasteiger partial charge on any atom is -0.399 e. The summed E-state index contributed by atoms with van der Waals surface area (Å²) in [6, 6.07) is 5.66. The largest absolute Gasteiger partial charge is 0.399 e. The highest BCUT2D eigenvalue weighted by atomic mass is 32.2. The maximum Gasteiger partial charge on any atom is 0.215 e. The summed E-state index contributed by atoms with van der Waals surface area (Å²) in [5, 5.41) is -0.152. The van der Waals surface area contributed by atoms with Gasteiger partial charge in [0.2, 0.25) is 10.0 Å². The van der Waals surface area contributed by atoms with Gasteiger partial charge in [-0.25, -0.2) is 13.1 Å². The van der Waals surface area contributed by atoms with Gasteiger partial charge in [-0.05, 0) is 48.9 Å². The highest BCUT2D eigenvalue weighted by Crippen LogP contribution is 2.35. The number of rotatable bonds is 3. The number of anilines is 1. The molecular weight excluding hydrogens is 236 g/mol. The van der Waals surface area contributed by atoms with Gasteiger partial charge < -0.3 is 5.73 Å². The average Bonchev–Trinajstić information content (AvgIpc) is 3.04. The van der Waals surface area contributed by atoms with Crippen LogP contribution in [-0.2, 0) is 16.4 Å². The average molecular weight is 252 g/mol. The quantitative estimate of drug-likeness (QED) is 0.797. The van der Waals surface area contributed by atoms with E-state index in [9.17, 15) is 8.42 Å². The van der Waals surface area contributed by atoms with Gasteiger partial charge in [-0.3, -0.25) is 0 Å². The molecule has 1 fully saturated rings. The maximum absolute atomic E-state index is 11.9. The van der Waals surface area contributed by atoms with Crippen molar-refractivity contribution in [2.24, 2.45) is 0 Å². The first-order valence-electron chi connectivity index (χ1n) is 5.96. The van der Waals surface area contributed by atoms with Crippen LogP contribution in [0.4, 0.5) is 5.69 Å². The van der Waals surface area contributed by atoms with Crippen molar-refractivity contribution in [1.29, 1.82) is 0 Å². The molecule has 2 aliphatic rings. The second-order valence-electron chi connectivity index (χ2n) is 4.91. The van der Waals surface area contributed by atoms with Crippen molar-refractivity contribution in [3.05, 3.63) is 29.3 Å². The van der Waals surface area contributed by atoms with Crippen LogP contribution in [0.3, 0.4) is 0 Å². The van der Waals surface area contributed by atoms with Gasteiger partial charge in [0.15, 0.2) is 0 Å². The van der Waals surface area contributed by atoms with Crippen LogP contribution < -0.4 is 10.5 Å². The second-order valence-corrected chi connectivity index (χ2v) is 6.90. The Kier molecular flexibility index (Phi) is 2.41. The van der Waals surface area contributed by atoms with Crippen LogP contribution in [0.5, 0.6) is 0 Å². The highest BCUT2D eigenvalue weighted by molar-refractivity contribution is 7.90. The van der Waals surface area contributed by atoms with Crippen LogP contribution in [0.15, 0.2) is 18.2 Å². The number of hydrogen-bond acceptors (Lipinski definition) is 3. The number of hydrogen-bond donors (Lipinski definition) is 2. The Hall–Kier alpha value is -1.07. The summed E-state index contributed by atoms with van der Waals surface area (Å²) < 4.78 is 26.6. The van der Waals surface area contributed by atoms with E-state index < -0.39 is 10.0 Å². The molecule has 1 aromatic rings. The molecule has 0 aliphatic heterocycles. The van der Waals surface area contributed by atoms with Crippen molar-refractivity contribution in [2.45, 2.75) is 37.0 Å². The van der Waals surface area contributed by atoms with Gasteiger partial charge >= 0.3 is 0 Å². The van der Waals surface area contributed by atoms with Crippen molar-refractivity contribution in [3.63, 3.8) is 0 Å². The number of fused-ring (bicyclic) bond motifs is 1. The minimum absolute atomic E-state index is 0.0591. The van der Waals surface area contributed by atoms with E-state index in [-0.39, 0.29) is 11.3 Å². The molecule has 17 heavy (non-hydrogen) atoms. The molecule has 0 amide bonds. The molecule has 1 aromatic carbocycles. The van der Waals surface area contributed by atoms with Crippen LogP contribution in [-0.4, -0.2) is 13.7 Å². The Morgan fingerprint density at radius 2 is 2.00 bits per heavy atom. The molecule has 0 bridgehead atoms. The molecule has 1 atom stereocenters. The van der Waals surface area contributed by atoms with Crippen molar-refractivity contribution < 1.29 is 8.42 Å². The molecule has 3 rings (SSSR count). The molecule has 0 spiro atoms. The van der Waals surface area contributed by atoms with Gasteiger partial charge in [0.25, 0.3) is 0 Å². The molecule has 0 radical (unpaired) electrons. The fraction of sp³-hybridized carbons (Fsp3) is 0.500. The molecule has 4 nitrogen and oxygen atoms in total. The van der Waals surface area contributed by atoms with E-state index in [1.165, 1.54) is 5.56 Å². The first-order chi connectivity index (χ1) is 8.06. The summed E-state index contributed by atoms with van der Waals surface area (Å²) in [5.41, 5.74) is 8.73. The third-order valence-corrected chi connectivity index (χ3v) is 5.48. The molecule has 0 saturated heterocycles. The van der Waals surface area contributed by atoms with E-state index in [0.29, 0.717) is 0 Å². The molecule has 0 heterocycles. The molecule has 1 saturated carbocycles. The van der Waals surface area contributed by atoms with Gasteiger partial charge in [-0.15, -0.1) is 0 Å². The standard InChI is InChI=1S/C12H16N2O2S/c13-9-2-5-11-8(7-9)1-6-12(11)14-17(15,16)10-3-4-10/h2,5,7,10,12,14H,1,3-4,6,13H2. The fourth-order valence-electron chi connectivity index (χ4n) is 2.43. The van der Waals surface area contributed by atoms with E-state index in [1.807, 2.05) is 18.2 Å². The molecule has 92 valence electrons. The van der Waals surface area contributed by atoms with Gasteiger partial charge in [0.05, 0.1) is 5.25 Å². The van der Waals surface area contributed by atoms with E-state index >= 15 is 0 Å². The molecular formula is C12H16N2O2S. The Morgan fingerprint density at radius 3 is 2.71 bits per heavy atom. The molecule has 5 heteroatoms. The number of nitrogen functional groups attached to an aromatic ring is 1. The van der Waals surface area contributed by atoms with E-state index in [4.69, 9.17) is 5.73 Å². The van der Waals surface area contributed by atoms with Crippen LogP contribution >= 0.6 is 0 Å². The number of aryl methyl sites for hydroxylation is 1. The highest BCUT2D eigenvalue weighted by Gasteiger charge is 2.38. The van der Waals surface area contributed by atoms with E-state index in [1.54, 1.807) is 0 Å². The van der Waals surface area contributed by atoms with E-state index in [2.05, 4.69) is 4.72 Å². The van der Waals surface area contributed by atoms with Gasteiger partial charge in [0, 0.05) is 11.7 Å². The Morgan fingerprint density at radius 1 is 1.24 bits per heavy atom. The summed E-state index contributed by atoms with van der Waals surface area (Å²) in [6.45, 7) is 0. The smallest absolute Gasteiger partial charge is 0.215 e.